The molecule has 0 bridgehead atoms. The van der Waals surface area contributed by atoms with E-state index in [4.69, 9.17) is 9.15 Å². The van der Waals surface area contributed by atoms with Crippen molar-refractivity contribution >= 4 is 23.0 Å². The van der Waals surface area contributed by atoms with Crippen molar-refractivity contribution in [3.05, 3.63) is 71.0 Å². The minimum absolute atomic E-state index is 0.109. The maximum atomic E-state index is 12.8. The van der Waals surface area contributed by atoms with Gasteiger partial charge in [-0.2, -0.15) is 13.2 Å². The van der Waals surface area contributed by atoms with Crippen molar-refractivity contribution in [1.29, 1.82) is 0 Å². The molecule has 0 radical (unpaired) electrons. The lowest BCUT2D eigenvalue weighted by Crippen LogP contribution is -2.40. The van der Waals surface area contributed by atoms with Crippen molar-refractivity contribution < 1.29 is 31.9 Å². The molecule has 6 nitrogen and oxygen atoms in total. The number of halogens is 3. The molecule has 0 unspecified atom stereocenters. The molecule has 4 rings (SSSR count). The molecule has 1 saturated heterocycles. The van der Waals surface area contributed by atoms with Gasteiger partial charge in [0.1, 0.15) is 11.2 Å². The van der Waals surface area contributed by atoms with E-state index in [0.29, 0.717) is 31.2 Å². The van der Waals surface area contributed by atoms with Gasteiger partial charge in [-0.05, 0) is 82.3 Å². The molecule has 2 heterocycles. The van der Waals surface area contributed by atoms with Crippen LogP contribution < -0.4 is 5.32 Å². The van der Waals surface area contributed by atoms with Crippen molar-refractivity contribution in [2.24, 2.45) is 5.92 Å². The predicted octanol–water partition coefficient (Wildman–Crippen LogP) is 8.94. The van der Waals surface area contributed by atoms with Gasteiger partial charge in [0, 0.05) is 24.5 Å². The van der Waals surface area contributed by atoms with Gasteiger partial charge in [0.15, 0.2) is 5.76 Å². The normalized spacial score (nSPS) is 15.4. The molecule has 236 valence electrons. The van der Waals surface area contributed by atoms with E-state index >= 15 is 0 Å². The number of furan rings is 1. The molecule has 1 N–H and O–H groups in total. The second-order valence-electron chi connectivity index (χ2n) is 12.4. The molecule has 2 amide bonds. The number of likely N-dealkylation sites (tertiary alicyclic amines) is 1. The Morgan fingerprint density at radius 1 is 1.02 bits per heavy atom. The summed E-state index contributed by atoms with van der Waals surface area (Å²) in [6.45, 7) is 12.8. The molecular formula is C34H45F3N2O4. The summed E-state index contributed by atoms with van der Waals surface area (Å²) >= 11 is 0. The summed E-state index contributed by atoms with van der Waals surface area (Å²) in [6, 6.07) is 13.0. The molecule has 1 aliphatic heterocycles. The first-order valence-electron chi connectivity index (χ1n) is 15.1. The van der Waals surface area contributed by atoms with Gasteiger partial charge in [0.2, 0.25) is 0 Å². The van der Waals surface area contributed by atoms with Crippen LogP contribution in [-0.2, 0) is 17.3 Å². The molecule has 43 heavy (non-hydrogen) atoms. The Morgan fingerprint density at radius 3 is 2.26 bits per heavy atom. The molecule has 1 aliphatic rings. The van der Waals surface area contributed by atoms with Crippen molar-refractivity contribution in [2.45, 2.75) is 97.9 Å². The number of rotatable bonds is 8. The number of nitrogens with zero attached hydrogens (tertiary/aromatic N) is 1. The SMILES string of the molecule is CCCC(CCC)Cc1ccc2oc(C(=O)N[C@@H]3CCN(C(=O)OC(C)(C)C)C3)cc2c1.Cc1ccc(C(F)(F)F)cc1. The lowest BCUT2D eigenvalue weighted by molar-refractivity contribution is -0.137. The zero-order valence-electron chi connectivity index (χ0n) is 26.1. The van der Waals surface area contributed by atoms with Crippen molar-refractivity contribution in [3.8, 4) is 0 Å². The van der Waals surface area contributed by atoms with Crippen LogP contribution in [0.3, 0.4) is 0 Å². The first kappa shape index (κ1) is 34.0. The predicted molar refractivity (Wildman–Crippen MR) is 163 cm³/mol. The summed E-state index contributed by atoms with van der Waals surface area (Å²) in [5, 5.41) is 3.96. The Hall–Kier alpha value is -3.49. The molecule has 9 heteroatoms. The number of carbonyl (C=O) groups excluding carboxylic acids is 2. The standard InChI is InChI=1S/C26H38N2O4.C8H7F3/c1-6-8-18(9-7-2)14-19-10-11-22-20(15-19)16-23(31-22)24(29)27-21-12-13-28(17-21)25(30)32-26(3,4)5;1-6-2-4-7(5-3-6)8(9,10)11/h10-11,15-16,18,21H,6-9,12-14,17H2,1-5H3,(H,27,29);2-5H,1H3/t21-;/m1./s1. The number of amides is 2. The third-order valence-corrected chi connectivity index (χ3v) is 7.28. The number of ether oxygens (including phenoxy) is 1. The summed E-state index contributed by atoms with van der Waals surface area (Å²) < 4.78 is 47.0. The number of benzene rings is 2. The van der Waals surface area contributed by atoms with Crippen LogP contribution in [0.25, 0.3) is 11.0 Å². The van der Waals surface area contributed by atoms with E-state index < -0.39 is 17.3 Å². The molecule has 1 fully saturated rings. The summed E-state index contributed by atoms with van der Waals surface area (Å²) in [4.78, 5) is 26.7. The molecule has 3 aromatic rings. The number of fused-ring (bicyclic) bond motifs is 1. The first-order chi connectivity index (χ1) is 20.2. The average molecular weight is 603 g/mol. The van der Waals surface area contributed by atoms with Crippen molar-refractivity contribution in [3.63, 3.8) is 0 Å². The van der Waals surface area contributed by atoms with E-state index in [1.165, 1.54) is 43.4 Å². The van der Waals surface area contributed by atoms with E-state index in [9.17, 15) is 22.8 Å². The summed E-state index contributed by atoms with van der Waals surface area (Å²) in [5.41, 5.74) is 1.73. The van der Waals surface area contributed by atoms with Gasteiger partial charge in [-0.15, -0.1) is 0 Å². The van der Waals surface area contributed by atoms with Gasteiger partial charge in [-0.1, -0.05) is 63.3 Å². The fourth-order valence-corrected chi connectivity index (χ4v) is 5.20. The Morgan fingerprint density at radius 2 is 1.67 bits per heavy atom. The topological polar surface area (TPSA) is 71.8 Å². The first-order valence-corrected chi connectivity index (χ1v) is 15.1. The minimum atomic E-state index is -4.21. The minimum Gasteiger partial charge on any atom is -0.451 e. The second kappa shape index (κ2) is 14.8. The van der Waals surface area contributed by atoms with Crippen LogP contribution in [0.15, 0.2) is 52.9 Å². The highest BCUT2D eigenvalue weighted by Crippen LogP contribution is 2.29. The highest BCUT2D eigenvalue weighted by atomic mass is 19.4. The summed E-state index contributed by atoms with van der Waals surface area (Å²) in [6.07, 6.45) is 2.10. The number of carbonyl (C=O) groups is 2. The molecule has 0 saturated carbocycles. The van der Waals surface area contributed by atoms with Gasteiger partial charge in [0.25, 0.3) is 5.91 Å². The van der Waals surface area contributed by atoms with Crippen LogP contribution >= 0.6 is 0 Å². The van der Waals surface area contributed by atoms with Gasteiger partial charge >= 0.3 is 12.3 Å². The van der Waals surface area contributed by atoms with Gasteiger partial charge in [-0.25, -0.2) is 4.79 Å². The summed E-state index contributed by atoms with van der Waals surface area (Å²) in [7, 11) is 0. The molecular weight excluding hydrogens is 557 g/mol. The summed E-state index contributed by atoms with van der Waals surface area (Å²) in [5.74, 6) is 0.771. The lowest BCUT2D eigenvalue weighted by atomic mass is 9.91. The van der Waals surface area contributed by atoms with Crippen LogP contribution in [0, 0.1) is 12.8 Å². The smallest absolute Gasteiger partial charge is 0.416 e. The number of aryl methyl sites for hydroxylation is 1. The highest BCUT2D eigenvalue weighted by molar-refractivity contribution is 5.96. The maximum absolute atomic E-state index is 12.8. The second-order valence-corrected chi connectivity index (χ2v) is 12.4. The fourth-order valence-electron chi connectivity index (χ4n) is 5.20. The zero-order valence-corrected chi connectivity index (χ0v) is 26.1. The van der Waals surface area contributed by atoms with Crippen LogP contribution in [0.1, 0.15) is 94.0 Å². The Kier molecular flexibility index (Phi) is 11.7. The quantitative estimate of drug-likeness (QED) is 0.279. The number of nitrogens with one attached hydrogen (secondary N) is 1. The fraction of sp³-hybridized carbons (Fsp3) is 0.529. The van der Waals surface area contributed by atoms with E-state index in [2.05, 4.69) is 31.3 Å². The van der Waals surface area contributed by atoms with Crippen LogP contribution in [0.4, 0.5) is 18.0 Å². The van der Waals surface area contributed by atoms with Gasteiger partial charge < -0.3 is 19.4 Å². The number of hydrogen-bond donors (Lipinski definition) is 1. The molecule has 2 aromatic carbocycles. The number of hydrogen-bond acceptors (Lipinski definition) is 4. The Bertz CT molecular complexity index is 1340. The third kappa shape index (κ3) is 10.6. The highest BCUT2D eigenvalue weighted by Gasteiger charge is 2.31. The van der Waals surface area contributed by atoms with Crippen molar-refractivity contribution in [1.82, 2.24) is 10.2 Å². The van der Waals surface area contributed by atoms with Gasteiger partial charge in [0.05, 0.1) is 5.56 Å². The van der Waals surface area contributed by atoms with E-state index in [1.807, 2.05) is 32.9 Å². The van der Waals surface area contributed by atoms with Crippen LogP contribution in [0.2, 0.25) is 0 Å². The lowest BCUT2D eigenvalue weighted by Gasteiger charge is -2.24. The van der Waals surface area contributed by atoms with Crippen molar-refractivity contribution in [2.75, 3.05) is 13.1 Å². The number of alkyl halides is 3. The Labute approximate surface area is 253 Å². The molecule has 0 spiro atoms. The van der Waals surface area contributed by atoms with Crippen LogP contribution in [-0.4, -0.2) is 41.6 Å². The van der Waals surface area contributed by atoms with Gasteiger partial charge in [-0.3, -0.25) is 4.79 Å². The molecule has 0 aliphatic carbocycles. The zero-order chi connectivity index (χ0) is 31.8. The van der Waals surface area contributed by atoms with E-state index in [1.54, 1.807) is 11.8 Å². The van der Waals surface area contributed by atoms with E-state index in [0.717, 1.165) is 35.1 Å². The maximum Gasteiger partial charge on any atom is 0.416 e. The van der Waals surface area contributed by atoms with E-state index in [-0.39, 0.29) is 18.0 Å². The third-order valence-electron chi connectivity index (χ3n) is 7.28. The molecule has 1 aromatic heterocycles. The average Bonchev–Trinajstić information content (AvgIpc) is 3.55. The largest absolute Gasteiger partial charge is 0.451 e. The molecule has 1 atom stereocenters. The monoisotopic (exact) mass is 602 g/mol. The van der Waals surface area contributed by atoms with Crippen LogP contribution in [0.5, 0.6) is 0 Å². The Balaban J connectivity index is 0.000000386.